The highest BCUT2D eigenvalue weighted by Crippen LogP contribution is 2.30. The van der Waals surface area contributed by atoms with E-state index in [-0.39, 0.29) is 0 Å². The maximum absolute atomic E-state index is 6.10. The smallest absolute Gasteiger partial charge is 0.135 e. The summed E-state index contributed by atoms with van der Waals surface area (Å²) in [5.74, 6) is 1.76. The number of hydrogen-bond donors (Lipinski definition) is 1. The lowest BCUT2D eigenvalue weighted by molar-refractivity contribution is 0.486. The van der Waals surface area contributed by atoms with Gasteiger partial charge in [0.15, 0.2) is 0 Å². The first-order valence-electron chi connectivity index (χ1n) is 7.21. The molecular weight excluding hydrogens is 258 g/mol. The largest absolute Gasteiger partial charge is 0.457 e. The first kappa shape index (κ1) is 13.7. The molecule has 21 heavy (non-hydrogen) atoms. The van der Waals surface area contributed by atoms with Crippen LogP contribution < -0.4 is 10.1 Å². The van der Waals surface area contributed by atoms with Gasteiger partial charge < -0.3 is 10.1 Å². The van der Waals surface area contributed by atoms with E-state index in [1.807, 2.05) is 43.4 Å². The van der Waals surface area contributed by atoms with Gasteiger partial charge in [0.1, 0.15) is 11.5 Å². The highest BCUT2D eigenvalue weighted by atomic mass is 16.5. The van der Waals surface area contributed by atoms with Crippen LogP contribution in [0.2, 0.25) is 0 Å². The molecule has 0 fully saturated rings. The van der Waals surface area contributed by atoms with E-state index in [0.29, 0.717) is 6.04 Å². The molecule has 0 aromatic heterocycles. The molecule has 0 aliphatic rings. The molecule has 0 aliphatic heterocycles. The van der Waals surface area contributed by atoms with Crippen LogP contribution in [0.25, 0.3) is 10.8 Å². The van der Waals surface area contributed by atoms with Gasteiger partial charge in [0.2, 0.25) is 0 Å². The summed E-state index contributed by atoms with van der Waals surface area (Å²) in [5.41, 5.74) is 1.22. The van der Waals surface area contributed by atoms with Crippen molar-refractivity contribution in [3.63, 3.8) is 0 Å². The van der Waals surface area contributed by atoms with Crippen LogP contribution in [-0.4, -0.2) is 7.05 Å². The van der Waals surface area contributed by atoms with Crippen LogP contribution in [-0.2, 0) is 0 Å². The zero-order chi connectivity index (χ0) is 14.7. The number of ether oxygens (including phenoxy) is 1. The summed E-state index contributed by atoms with van der Waals surface area (Å²) in [5, 5.41) is 5.57. The van der Waals surface area contributed by atoms with Gasteiger partial charge in [-0.3, -0.25) is 0 Å². The molecule has 1 unspecified atom stereocenters. The Morgan fingerprint density at radius 2 is 1.67 bits per heavy atom. The molecule has 1 atom stereocenters. The van der Waals surface area contributed by atoms with Crippen molar-refractivity contribution in [2.45, 2.75) is 13.0 Å². The standard InChI is InChI=1S/C19H19NO/c1-14(20-2)16-9-5-10-17(13-16)21-19-12-6-8-15-7-3-4-11-18(15)19/h3-14,20H,1-2H3. The van der Waals surface area contributed by atoms with Crippen LogP contribution in [0.3, 0.4) is 0 Å². The SMILES string of the molecule is CNC(C)c1cccc(Oc2cccc3ccccc23)c1. The van der Waals surface area contributed by atoms with Crippen molar-refractivity contribution in [2.24, 2.45) is 0 Å². The summed E-state index contributed by atoms with van der Waals surface area (Å²) in [6.07, 6.45) is 0. The molecule has 0 bridgehead atoms. The number of rotatable bonds is 4. The average molecular weight is 277 g/mol. The van der Waals surface area contributed by atoms with E-state index in [4.69, 9.17) is 4.74 Å². The molecule has 0 spiro atoms. The molecule has 0 aliphatic carbocycles. The van der Waals surface area contributed by atoms with E-state index in [2.05, 4.69) is 42.6 Å². The predicted octanol–water partition coefficient (Wildman–Crippen LogP) is 4.91. The molecule has 3 aromatic rings. The second-order valence-electron chi connectivity index (χ2n) is 5.16. The summed E-state index contributed by atoms with van der Waals surface area (Å²) < 4.78 is 6.10. The average Bonchev–Trinajstić information content (AvgIpc) is 2.55. The summed E-state index contributed by atoms with van der Waals surface area (Å²) in [4.78, 5) is 0. The molecule has 0 amide bonds. The third-order valence-electron chi connectivity index (χ3n) is 3.77. The van der Waals surface area contributed by atoms with E-state index >= 15 is 0 Å². The third kappa shape index (κ3) is 2.91. The first-order chi connectivity index (χ1) is 10.3. The lowest BCUT2D eigenvalue weighted by atomic mass is 10.1. The van der Waals surface area contributed by atoms with Crippen molar-refractivity contribution < 1.29 is 4.74 Å². The van der Waals surface area contributed by atoms with E-state index in [1.54, 1.807) is 0 Å². The minimum Gasteiger partial charge on any atom is -0.457 e. The summed E-state index contributed by atoms with van der Waals surface area (Å²) in [6, 6.07) is 22.9. The molecular formula is C19H19NO. The van der Waals surface area contributed by atoms with Crippen LogP contribution >= 0.6 is 0 Å². The van der Waals surface area contributed by atoms with Gasteiger partial charge in [0.05, 0.1) is 0 Å². The molecule has 2 nitrogen and oxygen atoms in total. The van der Waals surface area contributed by atoms with E-state index in [0.717, 1.165) is 16.9 Å². The van der Waals surface area contributed by atoms with Gasteiger partial charge in [-0.1, -0.05) is 48.5 Å². The van der Waals surface area contributed by atoms with Crippen LogP contribution in [0.15, 0.2) is 66.7 Å². The monoisotopic (exact) mass is 277 g/mol. The van der Waals surface area contributed by atoms with Gasteiger partial charge in [0, 0.05) is 11.4 Å². The minimum absolute atomic E-state index is 0.307. The van der Waals surface area contributed by atoms with Gasteiger partial charge in [-0.05, 0) is 43.1 Å². The van der Waals surface area contributed by atoms with E-state index in [1.165, 1.54) is 10.9 Å². The second-order valence-corrected chi connectivity index (χ2v) is 5.16. The zero-order valence-corrected chi connectivity index (χ0v) is 12.3. The molecule has 2 heteroatoms. The summed E-state index contributed by atoms with van der Waals surface area (Å²) in [6.45, 7) is 2.14. The molecule has 3 rings (SSSR count). The molecule has 0 saturated carbocycles. The molecule has 1 N–H and O–H groups in total. The Labute approximate surface area is 125 Å². The highest BCUT2D eigenvalue weighted by Gasteiger charge is 2.06. The Balaban J connectivity index is 1.95. The van der Waals surface area contributed by atoms with Gasteiger partial charge in [-0.25, -0.2) is 0 Å². The minimum atomic E-state index is 0.307. The molecule has 3 aromatic carbocycles. The Kier molecular flexibility index (Phi) is 3.89. The van der Waals surface area contributed by atoms with Crippen LogP contribution in [0.4, 0.5) is 0 Å². The molecule has 0 heterocycles. The second kappa shape index (κ2) is 5.98. The van der Waals surface area contributed by atoms with Gasteiger partial charge >= 0.3 is 0 Å². The van der Waals surface area contributed by atoms with E-state index in [9.17, 15) is 0 Å². The highest BCUT2D eigenvalue weighted by molar-refractivity contribution is 5.88. The van der Waals surface area contributed by atoms with Crippen LogP contribution in [0, 0.1) is 0 Å². The number of benzene rings is 3. The van der Waals surface area contributed by atoms with Gasteiger partial charge in [-0.2, -0.15) is 0 Å². The summed E-state index contributed by atoms with van der Waals surface area (Å²) in [7, 11) is 1.96. The molecule has 0 radical (unpaired) electrons. The van der Waals surface area contributed by atoms with Crippen molar-refractivity contribution >= 4 is 10.8 Å². The fourth-order valence-electron chi connectivity index (χ4n) is 2.43. The Morgan fingerprint density at radius 3 is 2.52 bits per heavy atom. The van der Waals surface area contributed by atoms with Crippen molar-refractivity contribution in [1.82, 2.24) is 5.32 Å². The van der Waals surface area contributed by atoms with Gasteiger partial charge in [0.25, 0.3) is 0 Å². The normalized spacial score (nSPS) is 12.3. The number of nitrogens with one attached hydrogen (secondary N) is 1. The maximum atomic E-state index is 6.10. The zero-order valence-electron chi connectivity index (χ0n) is 12.3. The Morgan fingerprint density at radius 1 is 0.905 bits per heavy atom. The fraction of sp³-hybridized carbons (Fsp3) is 0.158. The quantitative estimate of drug-likeness (QED) is 0.731. The van der Waals surface area contributed by atoms with Crippen LogP contribution in [0.5, 0.6) is 11.5 Å². The first-order valence-corrected chi connectivity index (χ1v) is 7.21. The van der Waals surface area contributed by atoms with Crippen molar-refractivity contribution in [3.05, 3.63) is 72.3 Å². The van der Waals surface area contributed by atoms with Gasteiger partial charge in [-0.15, -0.1) is 0 Å². The van der Waals surface area contributed by atoms with E-state index < -0.39 is 0 Å². The number of fused-ring (bicyclic) bond motifs is 1. The van der Waals surface area contributed by atoms with Crippen molar-refractivity contribution in [3.8, 4) is 11.5 Å². The summed E-state index contributed by atoms with van der Waals surface area (Å²) >= 11 is 0. The Bertz CT molecular complexity index is 746. The predicted molar refractivity (Wildman–Crippen MR) is 87.9 cm³/mol. The van der Waals surface area contributed by atoms with Crippen molar-refractivity contribution in [1.29, 1.82) is 0 Å². The van der Waals surface area contributed by atoms with Crippen molar-refractivity contribution in [2.75, 3.05) is 7.05 Å². The number of hydrogen-bond acceptors (Lipinski definition) is 2. The fourth-order valence-corrected chi connectivity index (χ4v) is 2.43. The lowest BCUT2D eigenvalue weighted by Gasteiger charge is -2.13. The van der Waals surface area contributed by atoms with Crippen LogP contribution in [0.1, 0.15) is 18.5 Å². The third-order valence-corrected chi connectivity index (χ3v) is 3.77. The lowest BCUT2D eigenvalue weighted by Crippen LogP contribution is -2.11. The molecule has 0 saturated heterocycles. The maximum Gasteiger partial charge on any atom is 0.135 e. The molecule has 106 valence electrons. The topological polar surface area (TPSA) is 21.3 Å². The Hall–Kier alpha value is -2.32.